The molecular formula is C81H158O17P2. The summed E-state index contributed by atoms with van der Waals surface area (Å²) >= 11 is 0. The summed E-state index contributed by atoms with van der Waals surface area (Å²) in [6.45, 7) is 9.64. The van der Waals surface area contributed by atoms with Crippen LogP contribution in [0, 0.1) is 11.8 Å². The van der Waals surface area contributed by atoms with Crippen molar-refractivity contribution in [2.45, 2.75) is 445 Å². The number of unbranched alkanes of at least 4 members (excludes halogenated alkanes) is 50. The van der Waals surface area contributed by atoms with Gasteiger partial charge < -0.3 is 33.8 Å². The van der Waals surface area contributed by atoms with Crippen LogP contribution in [0.3, 0.4) is 0 Å². The molecule has 0 spiro atoms. The fourth-order valence-electron chi connectivity index (χ4n) is 12.5. The number of hydrogen-bond acceptors (Lipinski definition) is 15. The molecule has 0 saturated heterocycles. The number of carbonyl (C=O) groups is 4. The molecule has 0 aliphatic carbocycles. The van der Waals surface area contributed by atoms with Gasteiger partial charge in [-0.3, -0.25) is 37.3 Å². The molecule has 0 aliphatic heterocycles. The topological polar surface area (TPSA) is 237 Å². The van der Waals surface area contributed by atoms with E-state index >= 15 is 0 Å². The lowest BCUT2D eigenvalue weighted by Gasteiger charge is -2.21. The molecule has 0 radical (unpaired) electrons. The molecular weight excluding hydrogens is 1310 g/mol. The smallest absolute Gasteiger partial charge is 0.462 e. The summed E-state index contributed by atoms with van der Waals surface area (Å²) in [5.74, 6) is -0.566. The summed E-state index contributed by atoms with van der Waals surface area (Å²) in [6, 6.07) is 0. The van der Waals surface area contributed by atoms with Crippen molar-refractivity contribution in [3.8, 4) is 0 Å². The molecule has 0 aromatic rings. The number of hydrogen-bond donors (Lipinski definition) is 3. The van der Waals surface area contributed by atoms with Crippen molar-refractivity contribution in [2.75, 3.05) is 39.6 Å². The lowest BCUT2D eigenvalue weighted by molar-refractivity contribution is -0.161. The van der Waals surface area contributed by atoms with E-state index in [0.29, 0.717) is 25.7 Å². The molecule has 594 valence electrons. The van der Waals surface area contributed by atoms with Crippen molar-refractivity contribution in [1.29, 1.82) is 0 Å². The highest BCUT2D eigenvalue weighted by atomic mass is 31.2. The predicted molar refractivity (Wildman–Crippen MR) is 409 cm³/mol. The Morgan fingerprint density at radius 2 is 0.460 bits per heavy atom. The minimum absolute atomic E-state index is 0.106. The van der Waals surface area contributed by atoms with Crippen LogP contribution < -0.4 is 0 Å². The third-order valence-corrected chi connectivity index (χ3v) is 20.9. The van der Waals surface area contributed by atoms with E-state index in [1.54, 1.807) is 0 Å². The second-order valence-corrected chi connectivity index (χ2v) is 33.0. The van der Waals surface area contributed by atoms with Gasteiger partial charge in [-0.05, 0) is 37.5 Å². The maximum Gasteiger partial charge on any atom is 0.472 e. The number of phosphoric acid groups is 2. The summed E-state index contributed by atoms with van der Waals surface area (Å²) < 4.78 is 68.7. The van der Waals surface area contributed by atoms with Crippen LogP contribution in [0.1, 0.15) is 427 Å². The lowest BCUT2D eigenvalue weighted by atomic mass is 10.0. The van der Waals surface area contributed by atoms with E-state index in [1.807, 2.05) is 0 Å². The summed E-state index contributed by atoms with van der Waals surface area (Å²) in [5, 5.41) is 10.6. The van der Waals surface area contributed by atoms with Crippen LogP contribution in [-0.2, 0) is 65.4 Å². The van der Waals surface area contributed by atoms with Gasteiger partial charge in [0.15, 0.2) is 12.2 Å². The Morgan fingerprint density at radius 1 is 0.270 bits per heavy atom. The molecule has 19 heteroatoms. The van der Waals surface area contributed by atoms with Crippen LogP contribution in [0.4, 0.5) is 0 Å². The number of rotatable bonds is 80. The van der Waals surface area contributed by atoms with Crippen LogP contribution in [0.2, 0.25) is 0 Å². The first-order valence-corrected chi connectivity index (χ1v) is 45.0. The fourth-order valence-corrected chi connectivity index (χ4v) is 14.1. The maximum atomic E-state index is 13.1. The van der Waals surface area contributed by atoms with E-state index < -0.39 is 97.5 Å². The minimum Gasteiger partial charge on any atom is -0.462 e. The second kappa shape index (κ2) is 72.6. The Hall–Kier alpha value is -1.94. The van der Waals surface area contributed by atoms with Gasteiger partial charge in [0.2, 0.25) is 0 Å². The SMILES string of the molecule is CCCCCCCCCCCCCCCCCCCCCC(=O)O[C@H](COC(=O)CCCCCCCCCCCCCCCCCC(C)C)COP(=O)(O)OC[C@@H](O)COP(=O)(O)OC[C@@H](COC(=O)CCCCCCCCCCCCC)OC(=O)CCCCCCCCCCCC(C)C. The highest BCUT2D eigenvalue weighted by Gasteiger charge is 2.30. The van der Waals surface area contributed by atoms with Crippen LogP contribution >= 0.6 is 15.6 Å². The standard InChI is InChI=1S/C81H158O17P2/c1-7-9-11-13-15-17-19-20-21-22-23-24-27-31-35-41-47-53-59-65-80(85)97-76(69-92-79(84)64-58-52-46-40-34-30-28-25-26-29-33-37-43-49-55-61-73(3)4)71-95-99(87,88)93-67-75(82)68-94-100(89,90)96-72-77(70-91-78(83)63-57-51-45-39-32-18-16-14-12-10-8-2)98-81(86)66-60-54-48-42-36-38-44-50-56-62-74(5)6/h73-77,82H,7-72H2,1-6H3,(H,87,88)(H,89,90)/t75-,76-,77-/m1/s1. The molecule has 0 fully saturated rings. The third-order valence-electron chi connectivity index (χ3n) is 19.0. The first kappa shape index (κ1) is 98.1. The Bertz CT molecular complexity index is 1920. The number of carbonyl (C=O) groups excluding carboxylic acids is 4. The van der Waals surface area contributed by atoms with Crippen LogP contribution in [0.15, 0.2) is 0 Å². The average molecular weight is 1470 g/mol. The maximum absolute atomic E-state index is 13.1. The van der Waals surface area contributed by atoms with Crippen LogP contribution in [0.5, 0.6) is 0 Å². The van der Waals surface area contributed by atoms with E-state index in [0.717, 1.165) is 102 Å². The summed E-state index contributed by atoms with van der Waals surface area (Å²) in [7, 11) is -9.92. The van der Waals surface area contributed by atoms with Gasteiger partial charge in [0, 0.05) is 25.7 Å². The van der Waals surface area contributed by atoms with E-state index in [1.165, 1.54) is 244 Å². The molecule has 0 aromatic carbocycles. The molecule has 0 aromatic heterocycles. The van der Waals surface area contributed by atoms with Crippen LogP contribution in [0.25, 0.3) is 0 Å². The van der Waals surface area contributed by atoms with Crippen molar-refractivity contribution in [3.05, 3.63) is 0 Å². The van der Waals surface area contributed by atoms with Gasteiger partial charge >= 0.3 is 39.5 Å². The van der Waals surface area contributed by atoms with Crippen molar-refractivity contribution in [2.24, 2.45) is 11.8 Å². The Labute approximate surface area is 613 Å². The van der Waals surface area contributed by atoms with Crippen molar-refractivity contribution in [1.82, 2.24) is 0 Å². The molecule has 0 amide bonds. The number of aliphatic hydroxyl groups excluding tert-OH is 1. The number of ether oxygens (including phenoxy) is 4. The largest absolute Gasteiger partial charge is 0.472 e. The van der Waals surface area contributed by atoms with Crippen molar-refractivity contribution in [3.63, 3.8) is 0 Å². The van der Waals surface area contributed by atoms with Crippen LogP contribution in [-0.4, -0.2) is 96.7 Å². The second-order valence-electron chi connectivity index (χ2n) is 30.1. The van der Waals surface area contributed by atoms with Gasteiger partial charge in [-0.2, -0.15) is 0 Å². The van der Waals surface area contributed by atoms with E-state index in [-0.39, 0.29) is 25.7 Å². The van der Waals surface area contributed by atoms with E-state index in [2.05, 4.69) is 41.5 Å². The molecule has 0 rings (SSSR count). The molecule has 17 nitrogen and oxygen atoms in total. The summed E-state index contributed by atoms with van der Waals surface area (Å²) in [5.41, 5.74) is 0. The first-order chi connectivity index (χ1) is 48.4. The van der Waals surface area contributed by atoms with Gasteiger partial charge in [-0.1, -0.05) is 375 Å². The molecule has 100 heavy (non-hydrogen) atoms. The molecule has 5 atom stereocenters. The quantitative estimate of drug-likeness (QED) is 0.0222. The lowest BCUT2D eigenvalue weighted by Crippen LogP contribution is -2.30. The monoisotopic (exact) mass is 1470 g/mol. The van der Waals surface area contributed by atoms with E-state index in [9.17, 15) is 43.2 Å². The number of phosphoric ester groups is 2. The molecule has 0 heterocycles. The van der Waals surface area contributed by atoms with Crippen molar-refractivity contribution >= 4 is 39.5 Å². The highest BCUT2D eigenvalue weighted by molar-refractivity contribution is 7.47. The fraction of sp³-hybridized carbons (Fsp3) is 0.951. The summed E-state index contributed by atoms with van der Waals surface area (Å²) in [6.07, 6.45) is 62.4. The Kier molecular flexibility index (Phi) is 71.2. The predicted octanol–water partition coefficient (Wildman–Crippen LogP) is 24.3. The van der Waals surface area contributed by atoms with Gasteiger partial charge in [0.1, 0.15) is 19.3 Å². The van der Waals surface area contributed by atoms with Crippen molar-refractivity contribution < 1.29 is 80.2 Å². The van der Waals surface area contributed by atoms with E-state index in [4.69, 9.17) is 37.0 Å². The molecule has 0 aliphatic rings. The van der Waals surface area contributed by atoms with Gasteiger partial charge in [0.05, 0.1) is 26.4 Å². The zero-order chi connectivity index (χ0) is 73.5. The zero-order valence-corrected chi connectivity index (χ0v) is 67.3. The molecule has 3 N–H and O–H groups in total. The Balaban J connectivity index is 5.23. The number of esters is 4. The zero-order valence-electron chi connectivity index (χ0n) is 65.5. The van der Waals surface area contributed by atoms with Gasteiger partial charge in [-0.25, -0.2) is 9.13 Å². The third kappa shape index (κ3) is 74.3. The molecule has 2 unspecified atom stereocenters. The highest BCUT2D eigenvalue weighted by Crippen LogP contribution is 2.45. The van der Waals surface area contributed by atoms with Gasteiger partial charge in [0.25, 0.3) is 0 Å². The number of aliphatic hydroxyl groups is 1. The molecule has 0 bridgehead atoms. The minimum atomic E-state index is -4.96. The normalized spacial score (nSPS) is 13.9. The van der Waals surface area contributed by atoms with Gasteiger partial charge in [-0.15, -0.1) is 0 Å². The average Bonchev–Trinajstić information content (AvgIpc) is 0.990. The first-order valence-electron chi connectivity index (χ1n) is 42.0. The Morgan fingerprint density at radius 3 is 0.680 bits per heavy atom. The molecule has 0 saturated carbocycles. The summed E-state index contributed by atoms with van der Waals surface area (Å²) in [4.78, 5) is 73.0.